The van der Waals surface area contributed by atoms with Crippen molar-refractivity contribution in [3.63, 3.8) is 0 Å². The van der Waals surface area contributed by atoms with Crippen molar-refractivity contribution in [2.75, 3.05) is 7.11 Å². The van der Waals surface area contributed by atoms with Crippen LogP contribution in [0.25, 0.3) is 0 Å². The molecule has 1 aliphatic rings. The first-order valence-corrected chi connectivity index (χ1v) is 4.98. The molecule has 5 heteroatoms. The molecule has 1 atom stereocenters. The van der Waals surface area contributed by atoms with Crippen molar-refractivity contribution < 1.29 is 23.0 Å². The van der Waals surface area contributed by atoms with Crippen molar-refractivity contribution in [2.24, 2.45) is 0 Å². The highest BCUT2D eigenvalue weighted by Crippen LogP contribution is 2.38. The molecule has 0 spiro atoms. The summed E-state index contributed by atoms with van der Waals surface area (Å²) in [7, 11) is 1.23. The molecule has 17 heavy (non-hydrogen) atoms. The lowest BCUT2D eigenvalue weighted by molar-refractivity contribution is -0.136. The zero-order valence-electron chi connectivity index (χ0n) is 9.29. The Kier molecular flexibility index (Phi) is 2.83. The second-order valence-electron chi connectivity index (χ2n) is 3.71. The lowest BCUT2D eigenvalue weighted by atomic mass is 9.91. The van der Waals surface area contributed by atoms with Crippen LogP contribution in [-0.4, -0.2) is 13.1 Å². The van der Waals surface area contributed by atoms with Crippen molar-refractivity contribution in [2.45, 2.75) is 12.8 Å². The van der Waals surface area contributed by atoms with Crippen LogP contribution in [0.1, 0.15) is 18.4 Å². The summed E-state index contributed by atoms with van der Waals surface area (Å²) in [4.78, 5) is 11.4. The summed E-state index contributed by atoms with van der Waals surface area (Å²) in [5, 5.41) is 0. The molecule has 0 N–H and O–H groups in total. The Labute approximate surface area is 96.6 Å². The fraction of sp³-hybridized carbons (Fsp3) is 0.250. The highest BCUT2D eigenvalue weighted by Gasteiger charge is 2.29. The van der Waals surface area contributed by atoms with E-state index >= 15 is 0 Å². The van der Waals surface area contributed by atoms with E-state index < -0.39 is 23.5 Å². The minimum Gasteiger partial charge on any atom is -0.466 e. The van der Waals surface area contributed by atoms with Crippen molar-refractivity contribution in [3.05, 3.63) is 41.2 Å². The molecule has 1 aliphatic heterocycles. The number of benzene rings is 1. The van der Waals surface area contributed by atoms with Crippen LogP contribution in [-0.2, 0) is 9.53 Å². The van der Waals surface area contributed by atoms with Crippen molar-refractivity contribution in [3.8, 4) is 5.75 Å². The Morgan fingerprint density at radius 1 is 1.41 bits per heavy atom. The molecule has 1 aromatic carbocycles. The predicted molar refractivity (Wildman–Crippen MR) is 55.5 cm³/mol. The number of carbonyl (C=O) groups excluding carboxylic acids is 1. The SMILES string of the molecule is COC(=O)C1=COc2c(F)cc(F)cc2C1C. The van der Waals surface area contributed by atoms with Gasteiger partial charge in [-0.2, -0.15) is 0 Å². The van der Waals surface area contributed by atoms with Gasteiger partial charge in [-0.1, -0.05) is 6.92 Å². The zero-order chi connectivity index (χ0) is 12.6. The molecule has 0 aliphatic carbocycles. The van der Waals surface area contributed by atoms with Gasteiger partial charge in [-0.25, -0.2) is 13.6 Å². The number of carbonyl (C=O) groups is 1. The average Bonchev–Trinajstić information content (AvgIpc) is 2.29. The normalized spacial score (nSPS) is 17.9. The monoisotopic (exact) mass is 240 g/mol. The molecule has 0 bridgehead atoms. The van der Waals surface area contributed by atoms with E-state index in [-0.39, 0.29) is 11.3 Å². The van der Waals surface area contributed by atoms with Gasteiger partial charge in [0.1, 0.15) is 12.1 Å². The standard InChI is InChI=1S/C12H10F2O3/c1-6-8-3-7(13)4-10(14)11(8)17-5-9(6)12(15)16-2/h3-6H,1-2H3. The maximum absolute atomic E-state index is 13.4. The Balaban J connectivity index is 2.48. The lowest BCUT2D eigenvalue weighted by Gasteiger charge is -2.22. The smallest absolute Gasteiger partial charge is 0.337 e. The van der Waals surface area contributed by atoms with Crippen LogP contribution < -0.4 is 4.74 Å². The van der Waals surface area contributed by atoms with E-state index in [1.165, 1.54) is 7.11 Å². The van der Waals surface area contributed by atoms with E-state index in [2.05, 4.69) is 4.74 Å². The Bertz CT molecular complexity index is 509. The second kappa shape index (κ2) is 4.16. The number of esters is 1. The third-order valence-electron chi connectivity index (χ3n) is 2.69. The number of ether oxygens (including phenoxy) is 2. The van der Waals surface area contributed by atoms with E-state index in [1.807, 2.05) is 0 Å². The van der Waals surface area contributed by atoms with E-state index in [0.717, 1.165) is 18.4 Å². The van der Waals surface area contributed by atoms with Crippen LogP contribution in [0.2, 0.25) is 0 Å². The minimum atomic E-state index is -0.785. The summed E-state index contributed by atoms with van der Waals surface area (Å²) >= 11 is 0. The highest BCUT2D eigenvalue weighted by molar-refractivity contribution is 5.90. The molecule has 0 fully saturated rings. The number of halogens is 2. The fourth-order valence-corrected chi connectivity index (χ4v) is 1.76. The lowest BCUT2D eigenvalue weighted by Crippen LogP contribution is -2.17. The third kappa shape index (κ3) is 1.88. The first-order chi connectivity index (χ1) is 8.04. The van der Waals surface area contributed by atoms with Gasteiger partial charge in [0.05, 0.1) is 12.7 Å². The summed E-state index contributed by atoms with van der Waals surface area (Å²) < 4.78 is 36.1. The topological polar surface area (TPSA) is 35.5 Å². The molecule has 1 unspecified atom stereocenters. The molecule has 1 aromatic rings. The first kappa shape index (κ1) is 11.6. The Morgan fingerprint density at radius 2 is 2.12 bits per heavy atom. The van der Waals surface area contributed by atoms with E-state index in [1.54, 1.807) is 6.92 Å². The van der Waals surface area contributed by atoms with Gasteiger partial charge in [-0.05, 0) is 6.07 Å². The van der Waals surface area contributed by atoms with Crippen molar-refractivity contribution in [1.82, 2.24) is 0 Å². The third-order valence-corrected chi connectivity index (χ3v) is 2.69. The van der Waals surface area contributed by atoms with Gasteiger partial charge < -0.3 is 9.47 Å². The quantitative estimate of drug-likeness (QED) is 0.707. The Hall–Kier alpha value is -1.91. The first-order valence-electron chi connectivity index (χ1n) is 4.98. The largest absolute Gasteiger partial charge is 0.466 e. The molecule has 0 aromatic heterocycles. The average molecular weight is 240 g/mol. The summed E-state index contributed by atoms with van der Waals surface area (Å²) in [6.45, 7) is 1.66. The summed E-state index contributed by atoms with van der Waals surface area (Å²) in [5.74, 6) is -2.59. The maximum atomic E-state index is 13.4. The molecule has 3 nitrogen and oxygen atoms in total. The fourth-order valence-electron chi connectivity index (χ4n) is 1.76. The van der Waals surface area contributed by atoms with Gasteiger partial charge in [0.2, 0.25) is 0 Å². The van der Waals surface area contributed by atoms with Crippen LogP contribution >= 0.6 is 0 Å². The number of hydrogen-bond donors (Lipinski definition) is 0. The molecule has 0 radical (unpaired) electrons. The summed E-state index contributed by atoms with van der Waals surface area (Å²) in [6, 6.07) is 1.89. The van der Waals surface area contributed by atoms with E-state index in [0.29, 0.717) is 5.56 Å². The van der Waals surface area contributed by atoms with Gasteiger partial charge in [-0.3, -0.25) is 0 Å². The van der Waals surface area contributed by atoms with Crippen LogP contribution in [0.15, 0.2) is 24.0 Å². The van der Waals surface area contributed by atoms with Gasteiger partial charge in [-0.15, -0.1) is 0 Å². The van der Waals surface area contributed by atoms with Crippen LogP contribution in [0, 0.1) is 11.6 Å². The van der Waals surface area contributed by atoms with Gasteiger partial charge in [0, 0.05) is 17.5 Å². The molecule has 0 amide bonds. The highest BCUT2D eigenvalue weighted by atomic mass is 19.1. The molecule has 0 saturated heterocycles. The van der Waals surface area contributed by atoms with Gasteiger partial charge in [0.25, 0.3) is 0 Å². The number of methoxy groups -OCH3 is 1. The van der Waals surface area contributed by atoms with Gasteiger partial charge in [0.15, 0.2) is 11.6 Å². The molecule has 1 heterocycles. The summed E-state index contributed by atoms with van der Waals surface area (Å²) in [5.41, 5.74) is 0.524. The molecular weight excluding hydrogens is 230 g/mol. The number of rotatable bonds is 1. The Morgan fingerprint density at radius 3 is 2.76 bits per heavy atom. The van der Waals surface area contributed by atoms with Gasteiger partial charge >= 0.3 is 5.97 Å². The van der Waals surface area contributed by atoms with E-state index in [9.17, 15) is 13.6 Å². The van der Waals surface area contributed by atoms with E-state index in [4.69, 9.17) is 4.74 Å². The predicted octanol–water partition coefficient (Wildman–Crippen LogP) is 2.52. The molecule has 2 rings (SSSR count). The molecule has 0 saturated carbocycles. The molecular formula is C12H10F2O3. The maximum Gasteiger partial charge on any atom is 0.337 e. The minimum absolute atomic E-state index is 0.0495. The van der Waals surface area contributed by atoms with Crippen LogP contribution in [0.3, 0.4) is 0 Å². The zero-order valence-corrected chi connectivity index (χ0v) is 9.29. The van der Waals surface area contributed by atoms with Crippen molar-refractivity contribution >= 4 is 5.97 Å². The van der Waals surface area contributed by atoms with Crippen molar-refractivity contribution in [1.29, 1.82) is 0 Å². The molecule has 90 valence electrons. The number of hydrogen-bond acceptors (Lipinski definition) is 3. The number of fused-ring (bicyclic) bond motifs is 1. The van der Waals surface area contributed by atoms with Crippen LogP contribution in [0.4, 0.5) is 8.78 Å². The second-order valence-corrected chi connectivity index (χ2v) is 3.71. The summed E-state index contributed by atoms with van der Waals surface area (Å²) in [6.07, 6.45) is 1.14. The van der Waals surface area contributed by atoms with Crippen LogP contribution in [0.5, 0.6) is 5.75 Å².